The minimum absolute atomic E-state index is 0.0679. The van der Waals surface area contributed by atoms with Gasteiger partial charge >= 0.3 is 0 Å². The highest BCUT2D eigenvalue weighted by Crippen LogP contribution is 2.18. The van der Waals surface area contributed by atoms with Gasteiger partial charge < -0.3 is 16.3 Å². The summed E-state index contributed by atoms with van der Waals surface area (Å²) in [6.07, 6.45) is 8.86. The minimum atomic E-state index is -0.367. The third-order valence-corrected chi connectivity index (χ3v) is 4.06. The lowest BCUT2D eigenvalue weighted by atomic mass is 9.96. The summed E-state index contributed by atoms with van der Waals surface area (Å²) in [6.45, 7) is 0.605. The summed E-state index contributed by atoms with van der Waals surface area (Å²) in [6, 6.07) is 5.02. The van der Waals surface area contributed by atoms with Gasteiger partial charge in [0.05, 0.1) is 0 Å². The molecule has 0 spiro atoms. The summed E-state index contributed by atoms with van der Waals surface area (Å²) in [5.41, 5.74) is 6.75. The van der Waals surface area contributed by atoms with Crippen molar-refractivity contribution >= 4 is 5.84 Å². The van der Waals surface area contributed by atoms with Crippen LogP contribution in [0.15, 0.2) is 23.4 Å². The van der Waals surface area contributed by atoms with E-state index in [0.717, 1.165) is 5.56 Å². The molecule has 0 heterocycles. The molecule has 0 aliphatic heterocycles. The quantitative estimate of drug-likeness (QED) is 0.346. The van der Waals surface area contributed by atoms with Crippen LogP contribution < -0.4 is 11.1 Å². The number of hydrogen-bond donors (Lipinski definition) is 3. The van der Waals surface area contributed by atoms with Crippen LogP contribution in [0.2, 0.25) is 0 Å². The second-order valence-electron chi connectivity index (χ2n) is 5.76. The molecule has 2 rings (SSSR count). The van der Waals surface area contributed by atoms with Crippen LogP contribution in [0.1, 0.15) is 56.1 Å². The number of hydrogen-bond acceptors (Lipinski definition) is 3. The van der Waals surface area contributed by atoms with Gasteiger partial charge in [-0.15, -0.1) is 0 Å². The number of amidine groups is 1. The zero-order valence-electron chi connectivity index (χ0n) is 12.3. The number of oxime groups is 1. The lowest BCUT2D eigenvalue weighted by Crippen LogP contribution is -2.29. The molecule has 4 N–H and O–H groups in total. The van der Waals surface area contributed by atoms with E-state index in [4.69, 9.17) is 10.9 Å². The molecule has 0 amide bonds. The van der Waals surface area contributed by atoms with E-state index < -0.39 is 0 Å². The standard InChI is InChI=1S/C16H24FN3O/c17-14-9-12(8-13(10-14)16(18)20-21)11-19-15-6-4-2-1-3-5-7-15/h8-10,15,19,21H,1-7,11H2,(H2,18,20). The molecular weight excluding hydrogens is 269 g/mol. The van der Waals surface area contributed by atoms with Crippen LogP contribution >= 0.6 is 0 Å². The van der Waals surface area contributed by atoms with E-state index in [1.165, 1.54) is 57.1 Å². The van der Waals surface area contributed by atoms with Gasteiger partial charge in [-0.25, -0.2) is 4.39 Å². The van der Waals surface area contributed by atoms with E-state index in [0.29, 0.717) is 18.2 Å². The summed E-state index contributed by atoms with van der Waals surface area (Å²) < 4.78 is 13.6. The Morgan fingerprint density at radius 1 is 1.19 bits per heavy atom. The molecule has 0 unspecified atom stereocenters. The highest BCUT2D eigenvalue weighted by Gasteiger charge is 2.11. The Hall–Kier alpha value is -1.62. The maximum Gasteiger partial charge on any atom is 0.170 e. The van der Waals surface area contributed by atoms with Crippen molar-refractivity contribution in [1.29, 1.82) is 0 Å². The SMILES string of the molecule is N/C(=N/O)c1cc(F)cc(CNC2CCCCCCC2)c1. The summed E-state index contributed by atoms with van der Waals surface area (Å²) in [7, 11) is 0. The van der Waals surface area contributed by atoms with Crippen LogP contribution in [0.4, 0.5) is 4.39 Å². The van der Waals surface area contributed by atoms with Crippen molar-refractivity contribution in [2.24, 2.45) is 10.9 Å². The third kappa shape index (κ3) is 5.01. The van der Waals surface area contributed by atoms with Gasteiger partial charge in [-0.05, 0) is 36.6 Å². The van der Waals surface area contributed by atoms with Gasteiger partial charge in [0.2, 0.25) is 0 Å². The second kappa shape index (κ2) is 7.98. The molecule has 0 aromatic heterocycles. The Morgan fingerprint density at radius 3 is 2.52 bits per heavy atom. The van der Waals surface area contributed by atoms with Gasteiger partial charge in [-0.3, -0.25) is 0 Å². The Labute approximate surface area is 125 Å². The van der Waals surface area contributed by atoms with Crippen molar-refractivity contribution in [3.63, 3.8) is 0 Å². The smallest absolute Gasteiger partial charge is 0.170 e. The second-order valence-corrected chi connectivity index (χ2v) is 5.76. The molecule has 0 saturated heterocycles. The lowest BCUT2D eigenvalue weighted by Gasteiger charge is -2.21. The average molecular weight is 293 g/mol. The monoisotopic (exact) mass is 293 g/mol. The van der Waals surface area contributed by atoms with Gasteiger partial charge in [0.25, 0.3) is 0 Å². The van der Waals surface area contributed by atoms with Crippen LogP contribution in [-0.2, 0) is 6.54 Å². The van der Waals surface area contributed by atoms with Crippen LogP contribution in [0.5, 0.6) is 0 Å². The van der Waals surface area contributed by atoms with Crippen LogP contribution in [0.25, 0.3) is 0 Å². The van der Waals surface area contributed by atoms with Gasteiger partial charge in [0.1, 0.15) is 5.82 Å². The molecule has 1 aliphatic rings. The first-order valence-electron chi connectivity index (χ1n) is 7.70. The molecule has 116 valence electrons. The van der Waals surface area contributed by atoms with E-state index >= 15 is 0 Å². The van der Waals surface area contributed by atoms with Crippen LogP contribution in [0.3, 0.4) is 0 Å². The molecule has 0 atom stereocenters. The molecule has 1 aromatic rings. The summed E-state index contributed by atoms with van der Waals surface area (Å²) in [4.78, 5) is 0. The molecule has 4 nitrogen and oxygen atoms in total. The van der Waals surface area contributed by atoms with Crippen molar-refractivity contribution in [1.82, 2.24) is 5.32 Å². The number of rotatable bonds is 4. The topological polar surface area (TPSA) is 70.6 Å². The number of nitrogens with one attached hydrogen (secondary N) is 1. The van der Waals surface area contributed by atoms with E-state index in [-0.39, 0.29) is 11.7 Å². The van der Waals surface area contributed by atoms with E-state index in [1.807, 2.05) is 0 Å². The maximum absolute atomic E-state index is 13.6. The highest BCUT2D eigenvalue weighted by molar-refractivity contribution is 5.97. The molecule has 0 radical (unpaired) electrons. The average Bonchev–Trinajstić information content (AvgIpc) is 2.44. The van der Waals surface area contributed by atoms with Gasteiger partial charge in [0, 0.05) is 18.2 Å². The Bertz CT molecular complexity index is 482. The first-order valence-corrected chi connectivity index (χ1v) is 7.70. The van der Waals surface area contributed by atoms with E-state index in [1.54, 1.807) is 6.07 Å². The third-order valence-electron chi connectivity index (χ3n) is 4.06. The van der Waals surface area contributed by atoms with E-state index in [9.17, 15) is 4.39 Å². The summed E-state index contributed by atoms with van der Waals surface area (Å²) in [5, 5.41) is 15.1. The fourth-order valence-corrected chi connectivity index (χ4v) is 2.88. The van der Waals surface area contributed by atoms with Crippen molar-refractivity contribution in [3.8, 4) is 0 Å². The normalized spacial score (nSPS) is 18.2. The van der Waals surface area contributed by atoms with Gasteiger partial charge in [0.15, 0.2) is 5.84 Å². The molecular formula is C16H24FN3O. The molecule has 1 saturated carbocycles. The maximum atomic E-state index is 13.6. The van der Waals surface area contributed by atoms with Crippen molar-refractivity contribution in [2.75, 3.05) is 0 Å². The fourth-order valence-electron chi connectivity index (χ4n) is 2.88. The van der Waals surface area contributed by atoms with Crippen molar-refractivity contribution < 1.29 is 9.60 Å². The first-order chi connectivity index (χ1) is 10.2. The zero-order chi connectivity index (χ0) is 15.1. The number of nitrogens with two attached hydrogens (primary N) is 1. The molecule has 5 heteroatoms. The Kier molecular flexibility index (Phi) is 5.99. The predicted octanol–water partition coefficient (Wildman–Crippen LogP) is 3.12. The molecule has 1 aliphatic carbocycles. The summed E-state index contributed by atoms with van der Waals surface area (Å²) in [5.74, 6) is -0.435. The Balaban J connectivity index is 1.97. The van der Waals surface area contributed by atoms with Crippen LogP contribution in [-0.4, -0.2) is 17.1 Å². The van der Waals surface area contributed by atoms with Gasteiger partial charge in [-0.2, -0.15) is 0 Å². The Morgan fingerprint density at radius 2 is 1.86 bits per heavy atom. The first kappa shape index (κ1) is 15.8. The number of nitrogens with zero attached hydrogens (tertiary/aromatic N) is 1. The number of benzene rings is 1. The largest absolute Gasteiger partial charge is 0.409 e. The molecule has 1 aromatic carbocycles. The highest BCUT2D eigenvalue weighted by atomic mass is 19.1. The molecule has 21 heavy (non-hydrogen) atoms. The minimum Gasteiger partial charge on any atom is -0.409 e. The number of halogens is 1. The zero-order valence-corrected chi connectivity index (χ0v) is 12.3. The van der Waals surface area contributed by atoms with Crippen molar-refractivity contribution in [2.45, 2.75) is 57.5 Å². The van der Waals surface area contributed by atoms with Gasteiger partial charge in [-0.1, -0.05) is 37.3 Å². The molecule has 1 fully saturated rings. The summed E-state index contributed by atoms with van der Waals surface area (Å²) >= 11 is 0. The predicted molar refractivity (Wildman–Crippen MR) is 81.9 cm³/mol. The van der Waals surface area contributed by atoms with Crippen LogP contribution in [0, 0.1) is 5.82 Å². The lowest BCUT2D eigenvalue weighted by molar-refractivity contribution is 0.318. The van der Waals surface area contributed by atoms with E-state index in [2.05, 4.69) is 10.5 Å². The fraction of sp³-hybridized carbons (Fsp3) is 0.562. The van der Waals surface area contributed by atoms with Crippen molar-refractivity contribution in [3.05, 3.63) is 35.1 Å². The molecule has 0 bridgehead atoms.